The second-order valence-corrected chi connectivity index (χ2v) is 4.61. The zero-order chi connectivity index (χ0) is 13.0. The van der Waals surface area contributed by atoms with Gasteiger partial charge in [-0.05, 0) is 18.1 Å². The summed E-state index contributed by atoms with van der Waals surface area (Å²) >= 11 is 0. The number of carbonyl (C=O) groups excluding carboxylic acids is 1. The Kier molecular flexibility index (Phi) is 3.83. The Labute approximate surface area is 107 Å². The van der Waals surface area contributed by atoms with Crippen LogP contribution in [0.2, 0.25) is 0 Å². The van der Waals surface area contributed by atoms with E-state index in [-0.39, 0.29) is 5.91 Å². The lowest BCUT2D eigenvalue weighted by molar-refractivity contribution is -0.128. The third kappa shape index (κ3) is 2.80. The van der Waals surface area contributed by atoms with Gasteiger partial charge >= 0.3 is 0 Å². The van der Waals surface area contributed by atoms with E-state index >= 15 is 0 Å². The normalized spacial score (nSPS) is 18.8. The Hall–Kier alpha value is -2.02. The predicted octanol–water partition coefficient (Wildman–Crippen LogP) is 1.81. The average Bonchev–Trinajstić information content (AvgIpc) is 2.68. The van der Waals surface area contributed by atoms with Crippen LogP contribution in [0.3, 0.4) is 0 Å². The molecular weight excluding hydrogens is 228 g/mol. The van der Waals surface area contributed by atoms with Crippen molar-refractivity contribution in [2.45, 2.75) is 13.3 Å². The molecule has 1 amide bonds. The molecule has 1 aromatic carbocycles. The van der Waals surface area contributed by atoms with E-state index < -0.39 is 0 Å². The van der Waals surface area contributed by atoms with Gasteiger partial charge in [0.1, 0.15) is 18.4 Å². The minimum Gasteiger partial charge on any atom is -0.490 e. The zero-order valence-electron chi connectivity index (χ0n) is 10.4. The third-order valence-corrected chi connectivity index (χ3v) is 3.03. The maximum atomic E-state index is 11.6. The van der Waals surface area contributed by atoms with Gasteiger partial charge in [0, 0.05) is 13.0 Å². The molecule has 0 N–H and O–H groups in total. The molecule has 18 heavy (non-hydrogen) atoms. The molecule has 0 aromatic heterocycles. The number of nitrogens with zero attached hydrogens (tertiary/aromatic N) is 2. The number of amides is 1. The van der Waals surface area contributed by atoms with Crippen LogP contribution in [-0.2, 0) is 4.79 Å². The van der Waals surface area contributed by atoms with Crippen LogP contribution in [0.5, 0.6) is 5.75 Å². The van der Waals surface area contributed by atoms with Crippen LogP contribution in [0.15, 0.2) is 24.3 Å². The number of para-hydroxylation sites is 1. The number of rotatable bonds is 4. The molecule has 94 valence electrons. The molecule has 1 fully saturated rings. The maximum absolute atomic E-state index is 11.6. The zero-order valence-corrected chi connectivity index (χ0v) is 10.4. The fourth-order valence-corrected chi connectivity index (χ4v) is 2.14. The first kappa shape index (κ1) is 12.4. The van der Waals surface area contributed by atoms with Gasteiger partial charge in [-0.1, -0.05) is 19.1 Å². The summed E-state index contributed by atoms with van der Waals surface area (Å²) in [6.07, 6.45) is 0.634. The fourth-order valence-electron chi connectivity index (χ4n) is 2.14. The van der Waals surface area contributed by atoms with Gasteiger partial charge in [0.25, 0.3) is 0 Å². The lowest BCUT2D eigenvalue weighted by Crippen LogP contribution is -2.29. The third-order valence-electron chi connectivity index (χ3n) is 3.03. The van der Waals surface area contributed by atoms with Gasteiger partial charge in [-0.25, -0.2) is 0 Å². The smallest absolute Gasteiger partial charge is 0.223 e. The molecule has 0 aliphatic carbocycles. The molecule has 1 aliphatic heterocycles. The highest BCUT2D eigenvalue weighted by atomic mass is 16.5. The summed E-state index contributed by atoms with van der Waals surface area (Å²) in [5.74, 6) is 1.21. The standard InChI is InChI=1S/C14H16N2O2/c1-11-8-14(17)16(10-11)6-7-18-13-5-3-2-4-12(13)9-15/h2-5,11H,6-8,10H2,1H3. The quantitative estimate of drug-likeness (QED) is 0.811. The van der Waals surface area contributed by atoms with Gasteiger partial charge in [-0.15, -0.1) is 0 Å². The van der Waals surface area contributed by atoms with Crippen LogP contribution in [0.1, 0.15) is 18.9 Å². The topological polar surface area (TPSA) is 53.3 Å². The van der Waals surface area contributed by atoms with Crippen LogP contribution in [0, 0.1) is 17.2 Å². The van der Waals surface area contributed by atoms with Crippen molar-refractivity contribution < 1.29 is 9.53 Å². The molecule has 1 aromatic rings. The molecule has 2 rings (SSSR count). The second-order valence-electron chi connectivity index (χ2n) is 4.61. The largest absolute Gasteiger partial charge is 0.490 e. The van der Waals surface area contributed by atoms with E-state index in [9.17, 15) is 4.79 Å². The molecule has 1 aliphatic rings. The number of ether oxygens (including phenoxy) is 1. The van der Waals surface area contributed by atoms with Gasteiger partial charge in [0.2, 0.25) is 5.91 Å². The molecule has 0 bridgehead atoms. The highest BCUT2D eigenvalue weighted by molar-refractivity contribution is 5.78. The predicted molar refractivity (Wildman–Crippen MR) is 67.0 cm³/mol. The summed E-state index contributed by atoms with van der Waals surface area (Å²) in [5.41, 5.74) is 0.526. The van der Waals surface area contributed by atoms with Gasteiger partial charge in [0.15, 0.2) is 0 Å². The van der Waals surface area contributed by atoms with Crippen molar-refractivity contribution in [3.8, 4) is 11.8 Å². The lowest BCUT2D eigenvalue weighted by atomic mass is 10.2. The van der Waals surface area contributed by atoms with Crippen molar-refractivity contribution in [2.75, 3.05) is 19.7 Å². The van der Waals surface area contributed by atoms with Crippen LogP contribution in [0.25, 0.3) is 0 Å². The molecule has 0 spiro atoms. The summed E-state index contributed by atoms with van der Waals surface area (Å²) in [5, 5.41) is 8.91. The number of nitriles is 1. The van der Waals surface area contributed by atoms with Crippen molar-refractivity contribution in [3.05, 3.63) is 29.8 Å². The molecule has 0 radical (unpaired) electrons. The molecule has 4 nitrogen and oxygen atoms in total. The molecular formula is C14H16N2O2. The van der Waals surface area contributed by atoms with Crippen molar-refractivity contribution in [2.24, 2.45) is 5.92 Å². The first-order valence-electron chi connectivity index (χ1n) is 6.10. The molecule has 4 heteroatoms. The van der Waals surface area contributed by atoms with Gasteiger partial charge < -0.3 is 9.64 Å². The van der Waals surface area contributed by atoms with E-state index in [0.717, 1.165) is 6.54 Å². The molecule has 0 saturated carbocycles. The number of carbonyl (C=O) groups is 1. The molecule has 1 unspecified atom stereocenters. The summed E-state index contributed by atoms with van der Waals surface area (Å²) in [6, 6.07) is 9.21. The van der Waals surface area contributed by atoms with Crippen molar-refractivity contribution in [1.29, 1.82) is 5.26 Å². The van der Waals surface area contributed by atoms with Gasteiger partial charge in [0.05, 0.1) is 12.1 Å². The van der Waals surface area contributed by atoms with Gasteiger partial charge in [-0.2, -0.15) is 5.26 Å². The number of hydrogen-bond donors (Lipinski definition) is 0. The summed E-state index contributed by atoms with van der Waals surface area (Å²) in [4.78, 5) is 13.4. The highest BCUT2D eigenvalue weighted by Gasteiger charge is 2.25. The van der Waals surface area contributed by atoms with Crippen LogP contribution in [0.4, 0.5) is 0 Å². The van der Waals surface area contributed by atoms with E-state index in [1.165, 1.54) is 0 Å². The Morgan fingerprint density at radius 1 is 1.50 bits per heavy atom. The summed E-state index contributed by atoms with van der Waals surface area (Å²) in [6.45, 7) is 3.89. The fraction of sp³-hybridized carbons (Fsp3) is 0.429. The average molecular weight is 244 g/mol. The lowest BCUT2D eigenvalue weighted by Gasteiger charge is -2.16. The Bertz CT molecular complexity index is 479. The van der Waals surface area contributed by atoms with Crippen LogP contribution < -0.4 is 4.74 Å². The molecule has 1 heterocycles. The number of benzene rings is 1. The Morgan fingerprint density at radius 3 is 2.94 bits per heavy atom. The summed E-state index contributed by atoms with van der Waals surface area (Å²) in [7, 11) is 0. The van der Waals surface area contributed by atoms with Crippen LogP contribution in [-0.4, -0.2) is 30.5 Å². The minimum absolute atomic E-state index is 0.194. The Morgan fingerprint density at radius 2 is 2.28 bits per heavy atom. The molecule has 1 saturated heterocycles. The van der Waals surface area contributed by atoms with Crippen LogP contribution >= 0.6 is 0 Å². The first-order valence-corrected chi connectivity index (χ1v) is 6.10. The minimum atomic E-state index is 0.194. The number of likely N-dealkylation sites (tertiary alicyclic amines) is 1. The Balaban J connectivity index is 1.86. The van der Waals surface area contributed by atoms with Crippen molar-refractivity contribution >= 4 is 5.91 Å². The molecule has 1 atom stereocenters. The highest BCUT2D eigenvalue weighted by Crippen LogP contribution is 2.18. The van der Waals surface area contributed by atoms with E-state index in [4.69, 9.17) is 10.00 Å². The first-order chi connectivity index (χ1) is 8.70. The van der Waals surface area contributed by atoms with E-state index in [1.54, 1.807) is 18.2 Å². The monoisotopic (exact) mass is 244 g/mol. The summed E-state index contributed by atoms with van der Waals surface area (Å²) < 4.78 is 5.56. The number of hydrogen-bond acceptors (Lipinski definition) is 3. The van der Waals surface area contributed by atoms with Crippen molar-refractivity contribution in [3.63, 3.8) is 0 Å². The van der Waals surface area contributed by atoms with E-state index in [0.29, 0.717) is 36.8 Å². The SMILES string of the molecule is CC1CC(=O)N(CCOc2ccccc2C#N)C1. The van der Waals surface area contributed by atoms with E-state index in [1.807, 2.05) is 11.0 Å². The second kappa shape index (κ2) is 5.54. The maximum Gasteiger partial charge on any atom is 0.223 e. The van der Waals surface area contributed by atoms with Crippen molar-refractivity contribution in [1.82, 2.24) is 4.90 Å². The van der Waals surface area contributed by atoms with E-state index in [2.05, 4.69) is 13.0 Å². The van der Waals surface area contributed by atoms with Gasteiger partial charge in [-0.3, -0.25) is 4.79 Å².